The quantitative estimate of drug-likeness (QED) is 0.180. The summed E-state index contributed by atoms with van der Waals surface area (Å²) < 4.78 is 11.3. The highest BCUT2D eigenvalue weighted by atomic mass is 16.5. The molecule has 1 aromatic rings. The molecule has 0 radical (unpaired) electrons. The van der Waals surface area contributed by atoms with Crippen molar-refractivity contribution in [3.63, 3.8) is 0 Å². The molecule has 0 saturated heterocycles. The van der Waals surface area contributed by atoms with Gasteiger partial charge in [0, 0.05) is 37.1 Å². The molecule has 10 heteroatoms. The van der Waals surface area contributed by atoms with Crippen LogP contribution < -0.4 is 20.7 Å². The Bertz CT molecular complexity index is 1450. The minimum atomic E-state index is -0.456. The van der Waals surface area contributed by atoms with Crippen LogP contribution in [0, 0.1) is 0 Å². The molecule has 1 aromatic carbocycles. The summed E-state index contributed by atoms with van der Waals surface area (Å²) in [5.74, 6) is -0.526. The van der Waals surface area contributed by atoms with E-state index in [4.69, 9.17) is 14.5 Å². The Balaban J connectivity index is 2.15. The van der Waals surface area contributed by atoms with E-state index in [1.807, 2.05) is 6.92 Å². The Morgan fingerprint density at radius 2 is 1.57 bits per heavy atom. The molecule has 0 fully saturated rings. The maximum absolute atomic E-state index is 13.8. The van der Waals surface area contributed by atoms with E-state index in [1.54, 1.807) is 24.3 Å². The summed E-state index contributed by atoms with van der Waals surface area (Å²) in [4.78, 5) is 42.9. The summed E-state index contributed by atoms with van der Waals surface area (Å²) in [6, 6.07) is 3.51. The summed E-state index contributed by atoms with van der Waals surface area (Å²) in [5.41, 5.74) is 2.55. The van der Waals surface area contributed by atoms with Gasteiger partial charge in [0.25, 0.3) is 0 Å². The van der Waals surface area contributed by atoms with E-state index in [9.17, 15) is 19.5 Å². The zero-order valence-electron chi connectivity index (χ0n) is 27.1. The molecule has 2 amide bonds. The monoisotopic (exact) mass is 606 g/mol. The molecule has 44 heavy (non-hydrogen) atoms. The van der Waals surface area contributed by atoms with Crippen LogP contribution in [-0.2, 0) is 19.1 Å². The highest BCUT2D eigenvalue weighted by Gasteiger charge is 2.40. The molecule has 2 aliphatic rings. The van der Waals surface area contributed by atoms with Crippen LogP contribution >= 0.6 is 0 Å². The summed E-state index contributed by atoms with van der Waals surface area (Å²) in [5, 5.41) is 20.4. The molecule has 3 rings (SSSR count). The van der Waals surface area contributed by atoms with Gasteiger partial charge in [-0.15, -0.1) is 0 Å². The van der Waals surface area contributed by atoms with E-state index in [0.717, 1.165) is 38.5 Å². The maximum atomic E-state index is 13.8. The number of allylic oxidation sites excluding steroid dienone is 4. The predicted molar refractivity (Wildman–Crippen MR) is 175 cm³/mol. The molecular weight excluding hydrogens is 560 g/mol. The molecule has 2 atom stereocenters. The molecule has 10 nitrogen and oxygen atoms in total. The number of methoxy groups -OCH3 is 2. The van der Waals surface area contributed by atoms with Crippen molar-refractivity contribution in [2.75, 3.05) is 24.9 Å². The fourth-order valence-electron chi connectivity index (χ4n) is 5.25. The number of aliphatic hydroxyl groups excluding tert-OH is 1. The van der Waals surface area contributed by atoms with Gasteiger partial charge < -0.3 is 30.5 Å². The topological polar surface area (TPSA) is 138 Å². The third-order valence-corrected chi connectivity index (χ3v) is 7.47. The average Bonchev–Trinajstić information content (AvgIpc) is 2.96. The Hall–Kier alpha value is -4.34. The molecule has 238 valence electrons. The number of Topliss-reactive ketones (excluding diaryl/α,β-unsaturated/α-hetero) is 1. The minimum absolute atomic E-state index is 0.0204. The van der Waals surface area contributed by atoms with Crippen LogP contribution in [0.5, 0.6) is 5.75 Å². The molecular formula is C34H46N4O6. The number of amides is 2. The van der Waals surface area contributed by atoms with E-state index in [1.165, 1.54) is 28.1 Å². The third kappa shape index (κ3) is 7.98. The lowest BCUT2D eigenvalue weighted by Gasteiger charge is -2.29. The van der Waals surface area contributed by atoms with Crippen molar-refractivity contribution < 1.29 is 29.0 Å². The fourth-order valence-corrected chi connectivity index (χ4v) is 5.25. The van der Waals surface area contributed by atoms with Crippen LogP contribution in [0.3, 0.4) is 0 Å². The number of unbranched alkanes of at least 4 members (excludes halogenated alkanes) is 2. The first-order valence-corrected chi connectivity index (χ1v) is 15.3. The van der Waals surface area contributed by atoms with Gasteiger partial charge in [0.15, 0.2) is 0 Å². The number of rotatable bonds is 14. The standard InChI is InChI=1S/C34H46N4O6/c1-9-11-13-19(3)35-27-17-25(37-21(5)39)23(15-29(27)43-7)31-33(41)32(34(31)42)24-16-30(44-8)28(18-26(24)38-22(6)40)36-20(4)14-12-10-2/h15-20,35,41H,9-14H2,1-8H3,(H,37,39)(H,38,40)/b32-24+,36-28?. The second-order valence-corrected chi connectivity index (χ2v) is 11.3. The van der Waals surface area contributed by atoms with Gasteiger partial charge in [-0.3, -0.25) is 19.4 Å². The van der Waals surface area contributed by atoms with E-state index in [0.29, 0.717) is 45.4 Å². The molecule has 0 bridgehead atoms. The zero-order valence-corrected chi connectivity index (χ0v) is 27.1. The largest absolute Gasteiger partial charge is 0.506 e. The second-order valence-electron chi connectivity index (χ2n) is 11.3. The van der Waals surface area contributed by atoms with Crippen LogP contribution in [-0.4, -0.2) is 54.7 Å². The predicted octanol–water partition coefficient (Wildman–Crippen LogP) is 6.38. The van der Waals surface area contributed by atoms with E-state index < -0.39 is 5.78 Å². The van der Waals surface area contributed by atoms with Crippen LogP contribution in [0.1, 0.15) is 85.6 Å². The highest BCUT2D eigenvalue weighted by molar-refractivity contribution is 6.40. The second kappa shape index (κ2) is 15.4. The van der Waals surface area contributed by atoms with Gasteiger partial charge in [-0.2, -0.15) is 0 Å². The molecule has 2 aliphatic carbocycles. The normalized spacial score (nSPS) is 18.6. The molecule has 0 saturated carbocycles. The number of ketones is 1. The summed E-state index contributed by atoms with van der Waals surface area (Å²) in [6.07, 6.45) is 9.31. The van der Waals surface area contributed by atoms with Crippen molar-refractivity contribution in [2.24, 2.45) is 4.99 Å². The number of hydrogen-bond donors (Lipinski definition) is 4. The molecule has 0 aromatic heterocycles. The lowest BCUT2D eigenvalue weighted by Crippen LogP contribution is -2.30. The number of hydrogen-bond acceptors (Lipinski definition) is 8. The number of aliphatic hydroxyl groups is 1. The van der Waals surface area contributed by atoms with Crippen LogP contribution in [0.25, 0.3) is 5.57 Å². The number of carbonyl (C=O) groups is 3. The number of benzene rings is 1. The lowest BCUT2D eigenvalue weighted by molar-refractivity contribution is -0.118. The number of aliphatic imine (C=N–C) groups is 1. The van der Waals surface area contributed by atoms with Crippen molar-refractivity contribution in [1.82, 2.24) is 5.32 Å². The van der Waals surface area contributed by atoms with Crippen molar-refractivity contribution in [2.45, 2.75) is 92.2 Å². The summed E-state index contributed by atoms with van der Waals surface area (Å²) >= 11 is 0. The third-order valence-electron chi connectivity index (χ3n) is 7.47. The fraction of sp³-hybridized carbons (Fsp3) is 0.471. The van der Waals surface area contributed by atoms with Gasteiger partial charge in [-0.25, -0.2) is 0 Å². The van der Waals surface area contributed by atoms with Gasteiger partial charge in [0.05, 0.1) is 42.4 Å². The first kappa shape index (κ1) is 34.2. The van der Waals surface area contributed by atoms with Gasteiger partial charge in [0.1, 0.15) is 23.0 Å². The van der Waals surface area contributed by atoms with Crippen molar-refractivity contribution >= 4 is 40.3 Å². The maximum Gasteiger partial charge on any atom is 0.221 e. The number of nitrogens with zero attached hydrogens (tertiary/aromatic N) is 1. The van der Waals surface area contributed by atoms with Gasteiger partial charge in [-0.05, 0) is 51.0 Å². The number of carbonyl (C=O) groups excluding carboxylic acids is 3. The Morgan fingerprint density at radius 1 is 0.909 bits per heavy atom. The SMILES string of the molecule is CCCCC(C)N=C1C=C(NC(C)=O)/C(=C2/C(=O)C(c3cc(OC)c(NC(C)CCCC)cc3NC(C)=O)=C2O)C=C1OC. The van der Waals surface area contributed by atoms with Gasteiger partial charge in [0.2, 0.25) is 17.6 Å². The molecule has 0 aliphatic heterocycles. The van der Waals surface area contributed by atoms with Gasteiger partial charge in [-0.1, -0.05) is 39.5 Å². The van der Waals surface area contributed by atoms with Crippen molar-refractivity contribution in [3.8, 4) is 5.75 Å². The Kier molecular flexibility index (Phi) is 12.0. The number of ether oxygens (including phenoxy) is 2. The van der Waals surface area contributed by atoms with Gasteiger partial charge >= 0.3 is 0 Å². The summed E-state index contributed by atoms with van der Waals surface area (Å²) in [7, 11) is 3.03. The molecule has 0 heterocycles. The van der Waals surface area contributed by atoms with E-state index >= 15 is 0 Å². The number of nitrogens with one attached hydrogen (secondary N) is 3. The average molecular weight is 607 g/mol. The van der Waals surface area contributed by atoms with E-state index in [2.05, 4.69) is 36.7 Å². The van der Waals surface area contributed by atoms with Crippen molar-refractivity contribution in [1.29, 1.82) is 0 Å². The first-order chi connectivity index (χ1) is 20.9. The number of anilines is 2. The Labute approximate surface area is 260 Å². The first-order valence-electron chi connectivity index (χ1n) is 15.3. The van der Waals surface area contributed by atoms with Crippen molar-refractivity contribution in [3.05, 3.63) is 58.2 Å². The smallest absolute Gasteiger partial charge is 0.221 e. The summed E-state index contributed by atoms with van der Waals surface area (Å²) in [6.45, 7) is 11.1. The van der Waals surface area contributed by atoms with E-state index in [-0.39, 0.29) is 40.8 Å². The molecule has 0 spiro atoms. The van der Waals surface area contributed by atoms with Crippen LogP contribution in [0.4, 0.5) is 11.4 Å². The minimum Gasteiger partial charge on any atom is -0.506 e. The lowest BCUT2D eigenvalue weighted by atomic mass is 9.78. The highest BCUT2D eigenvalue weighted by Crippen LogP contribution is 2.45. The zero-order chi connectivity index (χ0) is 32.6. The Morgan fingerprint density at radius 3 is 2.14 bits per heavy atom. The van der Waals surface area contributed by atoms with Crippen LogP contribution in [0.15, 0.2) is 57.6 Å². The molecule has 2 unspecified atom stereocenters. The van der Waals surface area contributed by atoms with Crippen LogP contribution in [0.2, 0.25) is 0 Å². The molecule has 4 N–H and O–H groups in total.